The lowest BCUT2D eigenvalue weighted by Crippen LogP contribution is -2.19. The molecule has 0 heterocycles. The molecular formula is C17H20O3. The molecule has 0 aliphatic carbocycles. The zero-order chi connectivity index (χ0) is 14.4. The first kappa shape index (κ1) is 14.7. The zero-order valence-electron chi connectivity index (χ0n) is 11.9. The summed E-state index contributed by atoms with van der Waals surface area (Å²) >= 11 is 0. The van der Waals surface area contributed by atoms with Crippen LogP contribution in [0.5, 0.6) is 0 Å². The van der Waals surface area contributed by atoms with E-state index in [0.29, 0.717) is 13.2 Å². The van der Waals surface area contributed by atoms with Crippen molar-refractivity contribution in [1.29, 1.82) is 0 Å². The van der Waals surface area contributed by atoms with Gasteiger partial charge < -0.3 is 4.74 Å². The molecule has 0 amide bonds. The minimum absolute atomic E-state index is 0.565. The molecule has 0 aliphatic rings. The van der Waals surface area contributed by atoms with Crippen LogP contribution >= 0.6 is 0 Å². The fourth-order valence-electron chi connectivity index (χ4n) is 1.92. The van der Waals surface area contributed by atoms with Crippen molar-refractivity contribution >= 4 is 0 Å². The second-order valence-electron chi connectivity index (χ2n) is 5.28. The van der Waals surface area contributed by atoms with Gasteiger partial charge in [0.2, 0.25) is 0 Å². The summed E-state index contributed by atoms with van der Waals surface area (Å²) in [5.74, 6) is 0. The second kappa shape index (κ2) is 6.66. The molecule has 0 unspecified atom stereocenters. The summed E-state index contributed by atoms with van der Waals surface area (Å²) in [4.78, 5) is 4.47. The maximum absolute atomic E-state index is 8.86. The van der Waals surface area contributed by atoms with Gasteiger partial charge in [0.1, 0.15) is 5.60 Å². The average molecular weight is 272 g/mol. The molecule has 20 heavy (non-hydrogen) atoms. The van der Waals surface area contributed by atoms with Crippen LogP contribution in [0.2, 0.25) is 0 Å². The van der Waals surface area contributed by atoms with E-state index in [4.69, 9.17) is 9.99 Å². The molecule has 3 heteroatoms. The van der Waals surface area contributed by atoms with Gasteiger partial charge in [-0.25, -0.2) is 4.89 Å². The Hall–Kier alpha value is -1.68. The van der Waals surface area contributed by atoms with Gasteiger partial charge >= 0.3 is 0 Å². The van der Waals surface area contributed by atoms with E-state index >= 15 is 0 Å². The maximum atomic E-state index is 8.86. The highest BCUT2D eigenvalue weighted by atomic mass is 17.1. The van der Waals surface area contributed by atoms with E-state index < -0.39 is 5.60 Å². The van der Waals surface area contributed by atoms with Crippen LogP contribution in [-0.4, -0.2) is 5.26 Å². The van der Waals surface area contributed by atoms with Crippen LogP contribution in [0.1, 0.15) is 30.5 Å². The summed E-state index contributed by atoms with van der Waals surface area (Å²) in [5, 5.41) is 8.86. The van der Waals surface area contributed by atoms with Crippen LogP contribution in [0, 0.1) is 0 Å². The largest absolute Gasteiger partial charge is 0.372 e. The van der Waals surface area contributed by atoms with Crippen LogP contribution in [-0.2, 0) is 28.4 Å². The Morgan fingerprint density at radius 3 is 1.95 bits per heavy atom. The van der Waals surface area contributed by atoms with Crippen molar-refractivity contribution in [2.45, 2.75) is 32.7 Å². The van der Waals surface area contributed by atoms with E-state index in [1.165, 1.54) is 5.56 Å². The minimum Gasteiger partial charge on any atom is -0.372 e. The molecule has 0 aliphatic heterocycles. The van der Waals surface area contributed by atoms with Crippen molar-refractivity contribution in [2.75, 3.05) is 0 Å². The van der Waals surface area contributed by atoms with E-state index in [1.807, 2.05) is 68.4 Å². The highest BCUT2D eigenvalue weighted by Gasteiger charge is 2.20. The first-order valence-corrected chi connectivity index (χ1v) is 6.65. The molecule has 3 nitrogen and oxygen atoms in total. The molecule has 0 aromatic heterocycles. The quantitative estimate of drug-likeness (QED) is 0.635. The van der Waals surface area contributed by atoms with Crippen molar-refractivity contribution in [1.82, 2.24) is 0 Å². The lowest BCUT2D eigenvalue weighted by molar-refractivity contribution is -0.318. The molecule has 2 aromatic rings. The monoisotopic (exact) mass is 272 g/mol. The molecule has 2 aromatic carbocycles. The number of hydrogen-bond donors (Lipinski definition) is 1. The highest BCUT2D eigenvalue weighted by molar-refractivity contribution is 5.26. The molecule has 0 bridgehead atoms. The van der Waals surface area contributed by atoms with Gasteiger partial charge in [0.15, 0.2) is 0 Å². The molecular weight excluding hydrogens is 252 g/mol. The lowest BCUT2D eigenvalue weighted by Gasteiger charge is -2.21. The van der Waals surface area contributed by atoms with Crippen molar-refractivity contribution in [3.63, 3.8) is 0 Å². The van der Waals surface area contributed by atoms with Crippen LogP contribution < -0.4 is 0 Å². The Kier molecular flexibility index (Phi) is 4.90. The highest BCUT2D eigenvalue weighted by Crippen LogP contribution is 2.23. The predicted octanol–water partition coefficient (Wildman–Crippen LogP) is 4.13. The van der Waals surface area contributed by atoms with Crippen LogP contribution in [0.25, 0.3) is 0 Å². The van der Waals surface area contributed by atoms with Crippen molar-refractivity contribution in [2.24, 2.45) is 0 Å². The molecule has 0 radical (unpaired) electrons. The first-order valence-electron chi connectivity index (χ1n) is 6.65. The average Bonchev–Trinajstić information content (AvgIpc) is 2.49. The van der Waals surface area contributed by atoms with Crippen molar-refractivity contribution in [3.8, 4) is 0 Å². The number of ether oxygens (including phenoxy) is 1. The maximum Gasteiger partial charge on any atom is 0.123 e. The van der Waals surface area contributed by atoms with Gasteiger partial charge in [-0.15, -0.1) is 0 Å². The van der Waals surface area contributed by atoms with Gasteiger partial charge in [-0.1, -0.05) is 54.6 Å². The Bertz CT molecular complexity index is 518. The van der Waals surface area contributed by atoms with Gasteiger partial charge in [-0.05, 0) is 30.5 Å². The molecule has 0 atom stereocenters. The SMILES string of the molecule is CC(C)(OO)c1ccc(COCc2ccccc2)cc1. The number of rotatable bonds is 6. The van der Waals surface area contributed by atoms with Crippen molar-refractivity contribution < 1.29 is 14.9 Å². The summed E-state index contributed by atoms with van der Waals surface area (Å²) in [6.07, 6.45) is 0. The zero-order valence-corrected chi connectivity index (χ0v) is 11.9. The summed E-state index contributed by atoms with van der Waals surface area (Å²) in [6.45, 7) is 4.80. The fourth-order valence-corrected chi connectivity index (χ4v) is 1.92. The van der Waals surface area contributed by atoms with E-state index in [1.54, 1.807) is 0 Å². The third kappa shape index (κ3) is 3.90. The molecule has 0 saturated carbocycles. The van der Waals surface area contributed by atoms with Crippen LogP contribution in [0.3, 0.4) is 0 Å². The van der Waals surface area contributed by atoms with E-state index in [-0.39, 0.29) is 0 Å². The number of benzene rings is 2. The smallest absolute Gasteiger partial charge is 0.123 e. The van der Waals surface area contributed by atoms with E-state index in [2.05, 4.69) is 4.89 Å². The van der Waals surface area contributed by atoms with Gasteiger partial charge in [0.05, 0.1) is 13.2 Å². The second-order valence-corrected chi connectivity index (χ2v) is 5.28. The Balaban J connectivity index is 1.88. The Labute approximate surface area is 119 Å². The predicted molar refractivity (Wildman–Crippen MR) is 78.1 cm³/mol. The van der Waals surface area contributed by atoms with Gasteiger partial charge in [-0.3, -0.25) is 5.26 Å². The summed E-state index contributed by atoms with van der Waals surface area (Å²) in [7, 11) is 0. The standard InChI is InChI=1S/C17H20O3/c1-17(2,20-18)16-10-8-15(9-11-16)13-19-12-14-6-4-3-5-7-14/h3-11,18H,12-13H2,1-2H3. The third-order valence-electron chi connectivity index (χ3n) is 3.26. The summed E-state index contributed by atoms with van der Waals surface area (Å²) in [5.41, 5.74) is 2.49. The third-order valence-corrected chi connectivity index (χ3v) is 3.26. The lowest BCUT2D eigenvalue weighted by atomic mass is 9.97. The molecule has 0 fully saturated rings. The Morgan fingerprint density at radius 1 is 0.850 bits per heavy atom. The molecule has 2 rings (SSSR count). The van der Waals surface area contributed by atoms with Gasteiger partial charge in [-0.2, -0.15) is 0 Å². The van der Waals surface area contributed by atoms with Gasteiger partial charge in [0.25, 0.3) is 0 Å². The Morgan fingerprint density at radius 2 is 1.40 bits per heavy atom. The minimum atomic E-state index is -0.691. The molecule has 0 saturated heterocycles. The number of hydrogen-bond acceptors (Lipinski definition) is 3. The van der Waals surface area contributed by atoms with E-state index in [9.17, 15) is 0 Å². The normalized spacial score (nSPS) is 11.6. The van der Waals surface area contributed by atoms with Crippen molar-refractivity contribution in [3.05, 3.63) is 71.3 Å². The topological polar surface area (TPSA) is 38.7 Å². The van der Waals surface area contributed by atoms with Gasteiger partial charge in [0, 0.05) is 0 Å². The first-order chi connectivity index (χ1) is 9.62. The molecule has 1 N–H and O–H groups in total. The molecule has 106 valence electrons. The van der Waals surface area contributed by atoms with E-state index in [0.717, 1.165) is 11.1 Å². The van der Waals surface area contributed by atoms with Crippen LogP contribution in [0.4, 0.5) is 0 Å². The fraction of sp³-hybridized carbons (Fsp3) is 0.294. The van der Waals surface area contributed by atoms with Crippen LogP contribution in [0.15, 0.2) is 54.6 Å². The summed E-state index contributed by atoms with van der Waals surface area (Å²) < 4.78 is 5.68. The molecule has 0 spiro atoms. The summed E-state index contributed by atoms with van der Waals surface area (Å²) in [6, 6.07) is 18.0.